The number of hydrogen-bond donors (Lipinski definition) is 1. The van der Waals surface area contributed by atoms with E-state index in [2.05, 4.69) is 10.3 Å². The number of hydrogen-bond acceptors (Lipinski definition) is 3. The number of fused-ring (bicyclic) bond motifs is 1. The highest BCUT2D eigenvalue weighted by molar-refractivity contribution is 5.81. The molecule has 2 amide bonds. The van der Waals surface area contributed by atoms with E-state index in [1.807, 2.05) is 29.2 Å². The van der Waals surface area contributed by atoms with E-state index in [9.17, 15) is 9.18 Å². The molecule has 5 rings (SSSR count). The molecule has 1 saturated heterocycles. The Hall–Kier alpha value is -2.89. The molecule has 2 aromatic carbocycles. The van der Waals surface area contributed by atoms with Crippen molar-refractivity contribution in [3.05, 3.63) is 54.2 Å². The Kier molecular flexibility index (Phi) is 5.15. The molecule has 1 aromatic heterocycles. The number of nitrogens with one attached hydrogen (secondary N) is 1. The Morgan fingerprint density at radius 2 is 1.90 bits per heavy atom. The van der Waals surface area contributed by atoms with Crippen LogP contribution in [0, 0.1) is 5.82 Å². The summed E-state index contributed by atoms with van der Waals surface area (Å²) in [6.45, 7) is 0.711. The smallest absolute Gasteiger partial charge is 0.318 e. The fourth-order valence-corrected chi connectivity index (χ4v) is 4.72. The Labute approximate surface area is 175 Å². The lowest BCUT2D eigenvalue weighted by Gasteiger charge is -2.28. The first-order valence-corrected chi connectivity index (χ1v) is 10.9. The van der Waals surface area contributed by atoms with Gasteiger partial charge in [-0.05, 0) is 49.4 Å². The zero-order valence-corrected chi connectivity index (χ0v) is 16.9. The lowest BCUT2D eigenvalue weighted by molar-refractivity contribution is 0.178. The molecule has 1 aliphatic carbocycles. The van der Waals surface area contributed by atoms with Gasteiger partial charge in [0.15, 0.2) is 5.58 Å². The van der Waals surface area contributed by atoms with E-state index in [1.54, 1.807) is 12.1 Å². The molecule has 2 heterocycles. The molecule has 0 bridgehead atoms. The lowest BCUT2D eigenvalue weighted by atomic mass is 9.96. The number of oxazole rings is 1. The predicted octanol–water partition coefficient (Wildman–Crippen LogP) is 5.81. The third-order valence-electron chi connectivity index (χ3n) is 6.32. The molecule has 1 atom stereocenters. The maximum absolute atomic E-state index is 14.2. The van der Waals surface area contributed by atoms with Gasteiger partial charge in [0.2, 0.25) is 5.89 Å². The summed E-state index contributed by atoms with van der Waals surface area (Å²) in [7, 11) is 0. The number of urea groups is 1. The fourth-order valence-electron chi connectivity index (χ4n) is 4.72. The summed E-state index contributed by atoms with van der Waals surface area (Å²) in [6.07, 6.45) is 7.52. The number of nitrogens with zero attached hydrogens (tertiary/aromatic N) is 2. The largest absolute Gasteiger partial charge is 0.438 e. The SMILES string of the molecule is O=C(NC1CCCCC1)N1CCCC1c1nc2cc(-c3ccccc3F)ccc2o1. The Balaban J connectivity index is 1.38. The number of likely N-dealkylation sites (tertiary alicyclic amines) is 1. The van der Waals surface area contributed by atoms with Gasteiger partial charge in [-0.25, -0.2) is 14.2 Å². The van der Waals surface area contributed by atoms with Crippen LogP contribution in [0.3, 0.4) is 0 Å². The van der Waals surface area contributed by atoms with Crippen LogP contribution in [0.25, 0.3) is 22.2 Å². The first kappa shape index (κ1) is 19.1. The Morgan fingerprint density at radius 3 is 2.73 bits per heavy atom. The van der Waals surface area contributed by atoms with Crippen LogP contribution in [-0.2, 0) is 0 Å². The molecule has 0 spiro atoms. The van der Waals surface area contributed by atoms with Crippen molar-refractivity contribution in [2.24, 2.45) is 0 Å². The van der Waals surface area contributed by atoms with E-state index < -0.39 is 0 Å². The molecule has 2 aliphatic rings. The van der Waals surface area contributed by atoms with E-state index in [-0.39, 0.29) is 23.9 Å². The molecule has 3 aromatic rings. The van der Waals surface area contributed by atoms with E-state index in [0.717, 1.165) is 31.2 Å². The van der Waals surface area contributed by atoms with Gasteiger partial charge in [-0.3, -0.25) is 0 Å². The molecule has 156 valence electrons. The van der Waals surface area contributed by atoms with Gasteiger partial charge in [-0.1, -0.05) is 43.5 Å². The molecule has 6 heteroatoms. The zero-order chi connectivity index (χ0) is 20.5. The van der Waals surface area contributed by atoms with Crippen molar-refractivity contribution in [2.45, 2.75) is 57.0 Å². The minimum atomic E-state index is -0.262. The van der Waals surface area contributed by atoms with Gasteiger partial charge in [-0.15, -0.1) is 0 Å². The summed E-state index contributed by atoms with van der Waals surface area (Å²) >= 11 is 0. The average molecular weight is 407 g/mol. The van der Waals surface area contributed by atoms with E-state index >= 15 is 0 Å². The second-order valence-corrected chi connectivity index (χ2v) is 8.35. The van der Waals surface area contributed by atoms with Gasteiger partial charge in [0.25, 0.3) is 0 Å². The normalized spacial score (nSPS) is 20.0. The summed E-state index contributed by atoms with van der Waals surface area (Å²) in [5.41, 5.74) is 2.65. The monoisotopic (exact) mass is 407 g/mol. The van der Waals surface area contributed by atoms with Crippen molar-refractivity contribution < 1.29 is 13.6 Å². The number of benzene rings is 2. The Bertz CT molecular complexity index is 1060. The molecular weight excluding hydrogens is 381 g/mol. The van der Waals surface area contributed by atoms with Crippen LogP contribution in [-0.4, -0.2) is 28.5 Å². The fraction of sp³-hybridized carbons (Fsp3) is 0.417. The molecule has 1 N–H and O–H groups in total. The van der Waals surface area contributed by atoms with Crippen LogP contribution in [0.5, 0.6) is 0 Å². The van der Waals surface area contributed by atoms with Crippen molar-refractivity contribution in [3.8, 4) is 11.1 Å². The highest BCUT2D eigenvalue weighted by Crippen LogP contribution is 2.35. The number of rotatable bonds is 3. The van der Waals surface area contributed by atoms with Crippen LogP contribution < -0.4 is 5.32 Å². The average Bonchev–Trinajstić information content (AvgIpc) is 3.41. The minimum absolute atomic E-state index is 0.0151. The summed E-state index contributed by atoms with van der Waals surface area (Å²) < 4.78 is 20.2. The van der Waals surface area contributed by atoms with Gasteiger partial charge < -0.3 is 14.6 Å². The van der Waals surface area contributed by atoms with Gasteiger partial charge >= 0.3 is 6.03 Å². The molecule has 1 saturated carbocycles. The van der Waals surface area contributed by atoms with Crippen LogP contribution in [0.1, 0.15) is 56.9 Å². The highest BCUT2D eigenvalue weighted by Gasteiger charge is 2.34. The molecule has 1 unspecified atom stereocenters. The van der Waals surface area contributed by atoms with E-state index in [1.165, 1.54) is 25.3 Å². The number of amides is 2. The quantitative estimate of drug-likeness (QED) is 0.596. The van der Waals surface area contributed by atoms with E-state index in [4.69, 9.17) is 4.42 Å². The first-order chi connectivity index (χ1) is 14.7. The van der Waals surface area contributed by atoms with E-state index in [0.29, 0.717) is 29.1 Å². The van der Waals surface area contributed by atoms with Crippen molar-refractivity contribution in [3.63, 3.8) is 0 Å². The van der Waals surface area contributed by atoms with Gasteiger partial charge in [0, 0.05) is 18.2 Å². The summed E-state index contributed by atoms with van der Waals surface area (Å²) in [5.74, 6) is 0.300. The predicted molar refractivity (Wildman–Crippen MR) is 113 cm³/mol. The van der Waals surface area contributed by atoms with Gasteiger partial charge in [0.1, 0.15) is 17.4 Å². The van der Waals surface area contributed by atoms with Crippen molar-refractivity contribution in [2.75, 3.05) is 6.54 Å². The van der Waals surface area contributed by atoms with Crippen LogP contribution in [0.15, 0.2) is 46.9 Å². The third kappa shape index (κ3) is 3.66. The molecular formula is C24H26FN3O2. The number of halogens is 1. The van der Waals surface area contributed by atoms with Crippen molar-refractivity contribution in [1.29, 1.82) is 0 Å². The van der Waals surface area contributed by atoms with Gasteiger partial charge in [-0.2, -0.15) is 0 Å². The summed E-state index contributed by atoms with van der Waals surface area (Å²) in [6, 6.07) is 12.3. The van der Waals surface area contributed by atoms with Crippen LogP contribution >= 0.6 is 0 Å². The highest BCUT2D eigenvalue weighted by atomic mass is 19.1. The minimum Gasteiger partial charge on any atom is -0.438 e. The standard InChI is InChI=1S/C24H26FN3O2/c25-19-10-5-4-9-18(19)16-12-13-22-20(15-16)27-23(30-22)21-11-6-14-28(21)24(29)26-17-7-2-1-3-8-17/h4-5,9-10,12-13,15,17,21H,1-3,6-8,11,14H2,(H,26,29). The Morgan fingerprint density at radius 1 is 1.07 bits per heavy atom. The lowest BCUT2D eigenvalue weighted by Crippen LogP contribution is -2.45. The maximum atomic E-state index is 14.2. The van der Waals surface area contributed by atoms with Crippen molar-refractivity contribution in [1.82, 2.24) is 15.2 Å². The second-order valence-electron chi connectivity index (χ2n) is 8.35. The number of carbonyl (C=O) groups excluding carboxylic acids is 1. The first-order valence-electron chi connectivity index (χ1n) is 10.9. The van der Waals surface area contributed by atoms with Crippen LogP contribution in [0.4, 0.5) is 9.18 Å². The summed E-state index contributed by atoms with van der Waals surface area (Å²) in [4.78, 5) is 19.4. The van der Waals surface area contributed by atoms with Crippen molar-refractivity contribution >= 4 is 17.1 Å². The van der Waals surface area contributed by atoms with Crippen LogP contribution in [0.2, 0.25) is 0 Å². The molecule has 0 radical (unpaired) electrons. The molecule has 30 heavy (non-hydrogen) atoms. The second kappa shape index (κ2) is 8.09. The molecule has 1 aliphatic heterocycles. The van der Waals surface area contributed by atoms with Gasteiger partial charge in [0.05, 0.1) is 0 Å². The number of carbonyl (C=O) groups is 1. The molecule has 5 nitrogen and oxygen atoms in total. The maximum Gasteiger partial charge on any atom is 0.318 e. The summed E-state index contributed by atoms with van der Waals surface area (Å²) in [5, 5.41) is 3.21. The third-order valence-corrected chi connectivity index (χ3v) is 6.32. The topological polar surface area (TPSA) is 58.4 Å². The zero-order valence-electron chi connectivity index (χ0n) is 16.9. The molecule has 2 fully saturated rings. The number of aromatic nitrogens is 1.